The number of nitrogens with one attached hydrogen (secondary N) is 1. The summed E-state index contributed by atoms with van der Waals surface area (Å²) in [6, 6.07) is 6.43. The molecule has 35 heavy (non-hydrogen) atoms. The van der Waals surface area contributed by atoms with Crippen LogP contribution in [0.5, 0.6) is 0 Å². The van der Waals surface area contributed by atoms with Crippen molar-refractivity contribution in [2.75, 3.05) is 11.9 Å². The molecule has 0 bridgehead atoms. The second-order valence-corrected chi connectivity index (χ2v) is 10.8. The number of Topliss-reactive ketones (excluding diaryl/α,β-unsaturated/α-hetero) is 1. The van der Waals surface area contributed by atoms with Crippen LogP contribution >= 0.6 is 11.3 Å². The number of thiophene rings is 1. The van der Waals surface area contributed by atoms with E-state index >= 15 is 0 Å². The van der Waals surface area contributed by atoms with Gasteiger partial charge in [-0.1, -0.05) is 27.2 Å². The summed E-state index contributed by atoms with van der Waals surface area (Å²) >= 11 is 1.13. The largest absolute Gasteiger partial charge is 0.453 e. The highest BCUT2D eigenvalue weighted by Gasteiger charge is 2.24. The number of hydrogen-bond acceptors (Lipinski definition) is 7. The van der Waals surface area contributed by atoms with Gasteiger partial charge < -0.3 is 10.1 Å². The third-order valence-corrected chi connectivity index (χ3v) is 7.24. The molecule has 0 aliphatic carbocycles. The molecule has 0 saturated heterocycles. The zero-order valence-electron chi connectivity index (χ0n) is 20.4. The average molecular weight is 496 g/mol. The number of carbonyl (C=O) groups excluding carboxylic acids is 3. The van der Waals surface area contributed by atoms with Gasteiger partial charge in [-0.15, -0.1) is 11.3 Å². The van der Waals surface area contributed by atoms with Gasteiger partial charge in [-0.05, 0) is 49.6 Å². The van der Waals surface area contributed by atoms with Gasteiger partial charge in [-0.2, -0.15) is 0 Å². The number of carbonyl (C=O) groups is 3. The second-order valence-electron chi connectivity index (χ2n) is 9.81. The lowest BCUT2D eigenvalue weighted by atomic mass is 9.95. The van der Waals surface area contributed by atoms with Gasteiger partial charge in [-0.25, -0.2) is 9.78 Å². The van der Waals surface area contributed by atoms with E-state index in [4.69, 9.17) is 4.74 Å². The summed E-state index contributed by atoms with van der Waals surface area (Å²) in [5.74, 6) is -0.378. The highest BCUT2D eigenvalue weighted by molar-refractivity contribution is 7.20. The first kappa shape index (κ1) is 24.8. The topological polar surface area (TPSA) is 107 Å². The van der Waals surface area contributed by atoms with Crippen molar-refractivity contribution >= 4 is 44.9 Å². The van der Waals surface area contributed by atoms with Crippen molar-refractivity contribution in [3.05, 3.63) is 56.4 Å². The summed E-state index contributed by atoms with van der Waals surface area (Å²) in [7, 11) is 0. The van der Waals surface area contributed by atoms with Crippen LogP contribution in [0.15, 0.2) is 29.1 Å². The first-order valence-electron chi connectivity index (χ1n) is 11.7. The van der Waals surface area contributed by atoms with Crippen molar-refractivity contribution < 1.29 is 19.1 Å². The van der Waals surface area contributed by atoms with Crippen LogP contribution < -0.4 is 10.9 Å². The fourth-order valence-electron chi connectivity index (χ4n) is 3.94. The molecule has 1 aliphatic rings. The third kappa shape index (κ3) is 5.19. The molecule has 9 heteroatoms. The normalized spacial score (nSPS) is 13.7. The maximum Gasteiger partial charge on any atom is 0.349 e. The Morgan fingerprint density at radius 3 is 2.51 bits per heavy atom. The van der Waals surface area contributed by atoms with E-state index < -0.39 is 18.0 Å². The fraction of sp³-hybridized carbons (Fsp3) is 0.423. The molecule has 0 unspecified atom stereocenters. The maximum absolute atomic E-state index is 13.1. The number of aryl methyl sites for hydroxylation is 2. The Balaban J connectivity index is 1.46. The van der Waals surface area contributed by atoms with Gasteiger partial charge in [-0.3, -0.25) is 19.0 Å². The Labute approximate surface area is 207 Å². The van der Waals surface area contributed by atoms with Gasteiger partial charge in [0.15, 0.2) is 12.4 Å². The molecule has 1 aromatic carbocycles. The Bertz CT molecular complexity index is 1360. The van der Waals surface area contributed by atoms with E-state index in [-0.39, 0.29) is 17.2 Å². The van der Waals surface area contributed by atoms with Crippen molar-refractivity contribution in [1.82, 2.24) is 9.55 Å². The van der Waals surface area contributed by atoms with E-state index in [1.807, 2.05) is 20.8 Å². The van der Waals surface area contributed by atoms with Crippen LogP contribution in [0, 0.1) is 12.3 Å². The molecule has 4 rings (SSSR count). The smallest absolute Gasteiger partial charge is 0.349 e. The first-order valence-corrected chi connectivity index (χ1v) is 12.5. The van der Waals surface area contributed by atoms with Gasteiger partial charge in [0.25, 0.3) is 5.56 Å². The van der Waals surface area contributed by atoms with Crippen LogP contribution in [0.4, 0.5) is 5.69 Å². The predicted molar refractivity (Wildman–Crippen MR) is 135 cm³/mol. The highest BCUT2D eigenvalue weighted by atomic mass is 32.1. The zero-order valence-corrected chi connectivity index (χ0v) is 21.2. The average Bonchev–Trinajstić information content (AvgIpc) is 2.98. The number of hydrogen-bond donors (Lipinski definition) is 1. The molecule has 184 valence electrons. The quantitative estimate of drug-likeness (QED) is 0.412. The summed E-state index contributed by atoms with van der Waals surface area (Å²) in [5, 5.41) is 3.25. The van der Waals surface area contributed by atoms with Crippen LogP contribution in [0.1, 0.15) is 71.5 Å². The molecule has 1 N–H and O–H groups in total. The minimum absolute atomic E-state index is 0.116. The predicted octanol–water partition coefficient (Wildman–Crippen LogP) is 4.52. The highest BCUT2D eigenvalue weighted by Crippen LogP contribution is 2.29. The number of aromatic nitrogens is 2. The van der Waals surface area contributed by atoms with E-state index in [1.165, 1.54) is 0 Å². The molecule has 1 aliphatic heterocycles. The molecule has 3 heterocycles. The Morgan fingerprint density at radius 2 is 1.83 bits per heavy atom. The van der Waals surface area contributed by atoms with Gasteiger partial charge in [0.1, 0.15) is 15.5 Å². The van der Waals surface area contributed by atoms with Crippen molar-refractivity contribution in [2.45, 2.75) is 59.9 Å². The fourth-order valence-corrected chi connectivity index (χ4v) is 5.03. The summed E-state index contributed by atoms with van der Waals surface area (Å²) in [6.07, 6.45) is 3.73. The SMILES string of the molecule is Cc1c(C(=O)OCC(=O)c2ccc(NC(=O)C(C)(C)C)cc2)sc2nc3n(c(=O)c12)CCCCC3. The number of fused-ring (bicyclic) bond motifs is 2. The second kappa shape index (κ2) is 9.73. The number of ketones is 1. The number of benzene rings is 1. The molecule has 2 aromatic heterocycles. The van der Waals surface area contributed by atoms with Crippen molar-refractivity contribution in [3.63, 3.8) is 0 Å². The van der Waals surface area contributed by atoms with Crippen molar-refractivity contribution in [3.8, 4) is 0 Å². The molecule has 1 amide bonds. The monoisotopic (exact) mass is 495 g/mol. The zero-order chi connectivity index (χ0) is 25.3. The van der Waals surface area contributed by atoms with Crippen LogP contribution in [-0.4, -0.2) is 33.8 Å². The van der Waals surface area contributed by atoms with Crippen LogP contribution in [0.2, 0.25) is 0 Å². The van der Waals surface area contributed by atoms with Gasteiger partial charge in [0.05, 0.1) is 5.39 Å². The molecular formula is C26H29N3O5S. The van der Waals surface area contributed by atoms with Crippen molar-refractivity contribution in [1.29, 1.82) is 0 Å². The van der Waals surface area contributed by atoms with Gasteiger partial charge in [0, 0.05) is 29.6 Å². The first-order chi connectivity index (χ1) is 16.6. The van der Waals surface area contributed by atoms with Crippen LogP contribution in [-0.2, 0) is 22.5 Å². The number of esters is 1. The Kier molecular flexibility index (Phi) is 6.89. The van der Waals surface area contributed by atoms with E-state index in [2.05, 4.69) is 10.3 Å². The summed E-state index contributed by atoms with van der Waals surface area (Å²) in [4.78, 5) is 56.0. The minimum Gasteiger partial charge on any atom is -0.453 e. The Hall–Kier alpha value is -3.33. The standard InChI is InChI=1S/C26H29N3O5S/c1-15-20-22(28-19-8-6-5-7-13-29(19)23(20)31)35-21(15)24(32)34-14-18(30)16-9-11-17(12-10-16)27-25(33)26(2,3)4/h9-12H,5-8,13-14H2,1-4H3,(H,27,33). The molecule has 0 spiro atoms. The van der Waals surface area contributed by atoms with E-state index in [0.717, 1.165) is 42.8 Å². The number of ether oxygens (including phenoxy) is 1. The molecule has 0 radical (unpaired) electrons. The van der Waals surface area contributed by atoms with E-state index in [1.54, 1.807) is 35.8 Å². The summed E-state index contributed by atoms with van der Waals surface area (Å²) in [6.45, 7) is 7.37. The lowest BCUT2D eigenvalue weighted by Gasteiger charge is -2.17. The molecule has 0 atom stereocenters. The number of anilines is 1. The van der Waals surface area contributed by atoms with E-state index in [0.29, 0.717) is 38.5 Å². The minimum atomic E-state index is -0.646. The molecule has 0 saturated carbocycles. The molecule has 0 fully saturated rings. The lowest BCUT2D eigenvalue weighted by Crippen LogP contribution is -2.27. The Morgan fingerprint density at radius 1 is 1.11 bits per heavy atom. The molecule has 8 nitrogen and oxygen atoms in total. The molecule has 3 aromatic rings. The van der Waals surface area contributed by atoms with E-state index in [9.17, 15) is 19.2 Å². The van der Waals surface area contributed by atoms with Gasteiger partial charge in [0.2, 0.25) is 5.91 Å². The van der Waals surface area contributed by atoms with Crippen LogP contribution in [0.25, 0.3) is 10.2 Å². The number of amides is 1. The van der Waals surface area contributed by atoms with Gasteiger partial charge >= 0.3 is 5.97 Å². The number of nitrogens with zero attached hydrogens (tertiary/aromatic N) is 2. The van der Waals surface area contributed by atoms with Crippen LogP contribution in [0.3, 0.4) is 0 Å². The molecular weight excluding hydrogens is 466 g/mol. The third-order valence-electron chi connectivity index (χ3n) is 6.08. The lowest BCUT2D eigenvalue weighted by molar-refractivity contribution is -0.123. The maximum atomic E-state index is 13.1. The summed E-state index contributed by atoms with van der Waals surface area (Å²) < 4.78 is 7.02. The van der Waals surface area contributed by atoms with Crippen molar-refractivity contribution in [2.24, 2.45) is 5.41 Å². The summed E-state index contributed by atoms with van der Waals surface area (Å²) in [5.41, 5.74) is 0.834. The number of rotatable bonds is 5.